The smallest absolute Gasteiger partial charge is 0.262 e. The molecule has 4 aromatic carbocycles. The van der Waals surface area contributed by atoms with Crippen molar-refractivity contribution in [1.82, 2.24) is 0 Å². The minimum atomic E-state index is -3.58. The highest BCUT2D eigenvalue weighted by molar-refractivity contribution is 7.92. The molecule has 0 radical (unpaired) electrons. The van der Waals surface area contributed by atoms with E-state index in [0.717, 1.165) is 11.8 Å². The van der Waals surface area contributed by atoms with Crippen molar-refractivity contribution in [2.75, 3.05) is 22.5 Å². The van der Waals surface area contributed by atoms with Gasteiger partial charge in [0.1, 0.15) is 5.75 Å². The molecule has 4 aromatic rings. The van der Waals surface area contributed by atoms with Gasteiger partial charge in [0.05, 0.1) is 24.2 Å². The molecule has 0 fully saturated rings. The number of benzene rings is 4. The number of hydrogen-bond acceptors (Lipinski definition) is 5. The second kappa shape index (κ2) is 12.3. The van der Waals surface area contributed by atoms with E-state index in [2.05, 4.69) is 5.32 Å². The van der Waals surface area contributed by atoms with Crippen molar-refractivity contribution in [1.29, 1.82) is 0 Å². The van der Waals surface area contributed by atoms with Crippen molar-refractivity contribution in [2.24, 2.45) is 0 Å². The summed E-state index contributed by atoms with van der Waals surface area (Å²) in [6, 6.07) is 26.6. The van der Waals surface area contributed by atoms with E-state index in [1.165, 1.54) is 10.4 Å². The van der Waals surface area contributed by atoms with Crippen LogP contribution >= 0.6 is 23.2 Å². The van der Waals surface area contributed by atoms with Crippen LogP contribution in [0.15, 0.2) is 97.1 Å². The molecule has 7 nitrogen and oxygen atoms in total. The fraction of sp³-hybridized carbons (Fsp3) is 0.103. The normalized spacial score (nSPS) is 11.1. The van der Waals surface area contributed by atoms with E-state index in [1.807, 2.05) is 0 Å². The first-order chi connectivity index (χ1) is 18.6. The van der Waals surface area contributed by atoms with Gasteiger partial charge in [0.25, 0.3) is 5.91 Å². The molecule has 0 aliphatic carbocycles. The monoisotopic (exact) mass is 582 g/mol. The molecular weight excluding hydrogens is 559 g/mol. The molecule has 0 aliphatic rings. The van der Waals surface area contributed by atoms with Crippen LogP contribution in [-0.2, 0) is 21.4 Å². The fourth-order valence-electron chi connectivity index (χ4n) is 3.76. The summed E-state index contributed by atoms with van der Waals surface area (Å²) in [5.41, 5.74) is 2.24. The SMILES string of the molecule is CS(=O)(=O)N(Cc1ccc(Cl)cc1)c1ccc(OCC(=O)Nc2ccc(Cl)cc2C(=O)c2ccccc2)cc1. The molecule has 10 heteroatoms. The summed E-state index contributed by atoms with van der Waals surface area (Å²) in [5, 5.41) is 3.62. The van der Waals surface area contributed by atoms with E-state index >= 15 is 0 Å². The van der Waals surface area contributed by atoms with E-state index in [4.69, 9.17) is 27.9 Å². The van der Waals surface area contributed by atoms with Crippen LogP contribution in [0.2, 0.25) is 10.0 Å². The summed E-state index contributed by atoms with van der Waals surface area (Å²) in [6.45, 7) is -0.203. The van der Waals surface area contributed by atoms with E-state index in [9.17, 15) is 18.0 Å². The molecule has 0 bridgehead atoms. The van der Waals surface area contributed by atoms with E-state index in [-0.39, 0.29) is 24.5 Å². The van der Waals surface area contributed by atoms with Gasteiger partial charge in [-0.1, -0.05) is 65.7 Å². The molecule has 0 spiro atoms. The average molecular weight is 583 g/mol. The van der Waals surface area contributed by atoms with Gasteiger partial charge in [-0.2, -0.15) is 0 Å². The van der Waals surface area contributed by atoms with Gasteiger partial charge in [-0.25, -0.2) is 8.42 Å². The highest BCUT2D eigenvalue weighted by Crippen LogP contribution is 2.26. The van der Waals surface area contributed by atoms with Gasteiger partial charge < -0.3 is 10.1 Å². The highest BCUT2D eigenvalue weighted by Gasteiger charge is 2.19. The number of ether oxygens (including phenoxy) is 1. The fourth-order valence-corrected chi connectivity index (χ4v) is 4.94. The number of ketones is 1. The number of rotatable bonds is 10. The Balaban J connectivity index is 1.42. The third kappa shape index (κ3) is 7.60. The lowest BCUT2D eigenvalue weighted by Crippen LogP contribution is -2.29. The summed E-state index contributed by atoms with van der Waals surface area (Å²) in [4.78, 5) is 25.6. The van der Waals surface area contributed by atoms with Crippen LogP contribution in [0.4, 0.5) is 11.4 Å². The number of halogens is 2. The van der Waals surface area contributed by atoms with Crippen LogP contribution < -0.4 is 14.4 Å². The number of nitrogens with zero attached hydrogens (tertiary/aromatic N) is 1. The third-order valence-corrected chi connectivity index (χ3v) is 7.30. The van der Waals surface area contributed by atoms with Crippen LogP contribution in [0.5, 0.6) is 5.75 Å². The van der Waals surface area contributed by atoms with Crippen LogP contribution in [-0.4, -0.2) is 33.0 Å². The first kappa shape index (κ1) is 28.2. The minimum Gasteiger partial charge on any atom is -0.484 e. The standard InChI is InChI=1S/C29H24Cl2N2O5S/c1-39(36,37)33(18-20-7-9-22(30)10-8-20)24-12-14-25(15-13-24)38-19-28(34)32-27-16-11-23(31)17-26(27)29(35)21-5-3-2-4-6-21/h2-17H,18-19H2,1H3,(H,32,34). The molecule has 0 unspecified atom stereocenters. The summed E-state index contributed by atoms with van der Waals surface area (Å²) in [5.74, 6) is -0.395. The van der Waals surface area contributed by atoms with Gasteiger partial charge in [-0.05, 0) is 60.2 Å². The first-order valence-corrected chi connectivity index (χ1v) is 14.3. The van der Waals surface area contributed by atoms with E-state index < -0.39 is 15.9 Å². The van der Waals surface area contributed by atoms with Crippen molar-refractivity contribution >= 4 is 56.3 Å². The number of sulfonamides is 1. The Kier molecular flexibility index (Phi) is 8.91. The van der Waals surface area contributed by atoms with Gasteiger partial charge in [0.2, 0.25) is 10.0 Å². The lowest BCUT2D eigenvalue weighted by atomic mass is 10.0. The molecule has 39 heavy (non-hydrogen) atoms. The first-order valence-electron chi connectivity index (χ1n) is 11.7. The zero-order valence-electron chi connectivity index (χ0n) is 20.8. The Hall–Kier alpha value is -3.85. The maximum Gasteiger partial charge on any atom is 0.262 e. The molecule has 0 atom stereocenters. The van der Waals surface area contributed by atoms with Crippen LogP contribution in [0.1, 0.15) is 21.5 Å². The summed E-state index contributed by atoms with van der Waals surface area (Å²) in [7, 11) is -3.58. The molecule has 0 aliphatic heterocycles. The topological polar surface area (TPSA) is 92.8 Å². The van der Waals surface area contributed by atoms with Crippen molar-refractivity contribution in [3.05, 3.63) is 124 Å². The Morgan fingerprint density at radius 2 is 1.49 bits per heavy atom. The number of hydrogen-bond donors (Lipinski definition) is 1. The summed E-state index contributed by atoms with van der Waals surface area (Å²) >= 11 is 12.0. The molecule has 0 heterocycles. The number of amides is 1. The Labute approximate surface area is 237 Å². The number of carbonyl (C=O) groups excluding carboxylic acids is 2. The molecule has 0 aromatic heterocycles. The summed E-state index contributed by atoms with van der Waals surface area (Å²) in [6.07, 6.45) is 1.13. The van der Waals surface area contributed by atoms with E-state index in [0.29, 0.717) is 32.7 Å². The molecule has 1 amide bonds. The highest BCUT2D eigenvalue weighted by atomic mass is 35.5. The van der Waals surface area contributed by atoms with Gasteiger partial charge in [0.15, 0.2) is 12.4 Å². The largest absolute Gasteiger partial charge is 0.484 e. The molecule has 4 rings (SSSR count). The van der Waals surface area contributed by atoms with Crippen molar-refractivity contribution in [3.8, 4) is 5.75 Å². The zero-order chi connectivity index (χ0) is 28.0. The van der Waals surface area contributed by atoms with Crippen molar-refractivity contribution < 1.29 is 22.7 Å². The maximum absolute atomic E-state index is 13.0. The number of carbonyl (C=O) groups is 2. The molecule has 1 N–H and O–H groups in total. The number of nitrogens with one attached hydrogen (secondary N) is 1. The maximum atomic E-state index is 13.0. The second-order valence-corrected chi connectivity index (χ2v) is 11.4. The summed E-state index contributed by atoms with van der Waals surface area (Å²) < 4.78 is 31.8. The number of anilines is 2. The Bertz CT molecular complexity index is 1580. The van der Waals surface area contributed by atoms with Crippen LogP contribution in [0.3, 0.4) is 0 Å². The quantitative estimate of drug-likeness (QED) is 0.224. The van der Waals surface area contributed by atoms with Crippen LogP contribution in [0, 0.1) is 0 Å². The molecule has 200 valence electrons. The van der Waals surface area contributed by atoms with Crippen LogP contribution in [0.25, 0.3) is 0 Å². The minimum absolute atomic E-state index is 0.129. The van der Waals surface area contributed by atoms with Crippen molar-refractivity contribution in [2.45, 2.75) is 6.54 Å². The Morgan fingerprint density at radius 3 is 2.13 bits per heavy atom. The van der Waals surface area contributed by atoms with Gasteiger partial charge in [0, 0.05) is 21.2 Å². The lowest BCUT2D eigenvalue weighted by Gasteiger charge is -2.23. The molecular formula is C29H24Cl2N2O5S. The zero-order valence-corrected chi connectivity index (χ0v) is 23.1. The lowest BCUT2D eigenvalue weighted by molar-refractivity contribution is -0.118. The van der Waals surface area contributed by atoms with Gasteiger partial charge in [-0.15, -0.1) is 0 Å². The van der Waals surface area contributed by atoms with Gasteiger partial charge >= 0.3 is 0 Å². The molecule has 0 saturated heterocycles. The third-order valence-electron chi connectivity index (χ3n) is 5.67. The van der Waals surface area contributed by atoms with Crippen molar-refractivity contribution in [3.63, 3.8) is 0 Å². The van der Waals surface area contributed by atoms with E-state index in [1.54, 1.807) is 91.0 Å². The van der Waals surface area contributed by atoms with Gasteiger partial charge in [-0.3, -0.25) is 13.9 Å². The average Bonchev–Trinajstić information content (AvgIpc) is 2.92. The molecule has 0 saturated carbocycles. The Morgan fingerprint density at radius 1 is 0.846 bits per heavy atom. The predicted octanol–water partition coefficient (Wildman–Crippen LogP) is 6.21. The predicted molar refractivity (Wildman–Crippen MR) is 154 cm³/mol. The second-order valence-electron chi connectivity index (χ2n) is 8.61.